The van der Waals surface area contributed by atoms with Gasteiger partial charge in [0.2, 0.25) is 0 Å². The van der Waals surface area contributed by atoms with Crippen LogP contribution in [0.2, 0.25) is 0 Å². The lowest BCUT2D eigenvalue weighted by Gasteiger charge is -2.03. The second kappa shape index (κ2) is 2.45. The minimum absolute atomic E-state index is 0.331. The first-order valence-corrected chi connectivity index (χ1v) is 2.85. The van der Waals surface area contributed by atoms with E-state index in [1.165, 1.54) is 6.42 Å². The van der Waals surface area contributed by atoms with Gasteiger partial charge in [0, 0.05) is 6.58 Å². The van der Waals surface area contributed by atoms with Crippen LogP contribution in [0.25, 0.3) is 0 Å². The molecule has 0 saturated heterocycles. The van der Waals surface area contributed by atoms with Crippen LogP contribution in [-0.2, 0) is 0 Å². The number of hydrogen-bond donors (Lipinski definition) is 0. The van der Waals surface area contributed by atoms with E-state index in [0.717, 1.165) is 12.3 Å². The highest BCUT2D eigenvalue weighted by Crippen LogP contribution is 2.26. The Hall–Kier alpha value is -1.19. The van der Waals surface area contributed by atoms with Crippen LogP contribution in [-0.4, -0.2) is 12.4 Å². The summed E-state index contributed by atoms with van der Waals surface area (Å²) in [6, 6.07) is 0. The Balaban J connectivity index is 2.79. The van der Waals surface area contributed by atoms with Gasteiger partial charge in [-0.25, -0.2) is 4.99 Å². The van der Waals surface area contributed by atoms with Crippen molar-refractivity contribution in [1.82, 2.24) is 0 Å². The van der Waals surface area contributed by atoms with Crippen LogP contribution in [0.15, 0.2) is 28.9 Å². The fraction of sp³-hybridized carbons (Fsp3) is 0.143. The summed E-state index contributed by atoms with van der Waals surface area (Å²) in [4.78, 5) is 3.41. The number of aliphatic imine (C=N–C) groups is 1. The van der Waals surface area contributed by atoms with Crippen molar-refractivity contribution >= 4 is 6.21 Å². The third kappa shape index (κ3) is 1.86. The van der Waals surface area contributed by atoms with Crippen LogP contribution in [0.5, 0.6) is 0 Å². The molecule has 0 N–H and O–H groups in total. The van der Waals surface area contributed by atoms with E-state index in [0.29, 0.717) is 5.70 Å². The Labute approximate surface area is 61.9 Å². The fourth-order valence-corrected chi connectivity index (χ4v) is 0.592. The summed E-state index contributed by atoms with van der Waals surface area (Å²) < 4.78 is 35.6. The fourth-order valence-electron chi connectivity index (χ4n) is 0.592. The van der Waals surface area contributed by atoms with Crippen molar-refractivity contribution in [2.75, 3.05) is 0 Å². The molecule has 0 aromatic rings. The molecule has 1 aliphatic heterocycles. The van der Waals surface area contributed by atoms with Crippen LogP contribution in [0, 0.1) is 6.42 Å². The van der Waals surface area contributed by atoms with E-state index in [1.54, 1.807) is 0 Å². The average Bonchev–Trinajstić information content (AvgIpc) is 1.86. The highest BCUT2D eigenvalue weighted by Gasteiger charge is 2.38. The minimum atomic E-state index is -4.30. The van der Waals surface area contributed by atoms with Crippen molar-refractivity contribution in [3.05, 3.63) is 30.3 Å². The molecule has 0 aromatic heterocycles. The predicted molar refractivity (Wildman–Crippen MR) is 36.1 cm³/mol. The first-order valence-electron chi connectivity index (χ1n) is 2.85. The van der Waals surface area contributed by atoms with E-state index in [9.17, 15) is 13.2 Å². The van der Waals surface area contributed by atoms with Gasteiger partial charge in [-0.3, -0.25) is 0 Å². The lowest BCUT2D eigenvalue weighted by Crippen LogP contribution is -2.14. The molecule has 0 unspecified atom stereocenters. The quantitative estimate of drug-likeness (QED) is 0.482. The second-order valence-electron chi connectivity index (χ2n) is 2.04. The molecule has 11 heavy (non-hydrogen) atoms. The summed E-state index contributed by atoms with van der Waals surface area (Å²) in [6.07, 6.45) is -1.36. The van der Waals surface area contributed by atoms with Crippen molar-refractivity contribution < 1.29 is 13.2 Å². The van der Waals surface area contributed by atoms with Gasteiger partial charge in [0.15, 0.2) is 11.3 Å². The summed E-state index contributed by atoms with van der Waals surface area (Å²) in [7, 11) is 0. The molecule has 0 aromatic carbocycles. The van der Waals surface area contributed by atoms with Gasteiger partial charge in [-0.05, 0) is 0 Å². The molecule has 1 rings (SSSR count). The standard InChI is InChI=1S/C7H5F3N/c1-5-2-3-6(4-11-5)7(8,9)10/h2-4H,1H2/q+1. The van der Waals surface area contributed by atoms with Gasteiger partial charge in [-0.2, -0.15) is 13.2 Å². The highest BCUT2D eigenvalue weighted by atomic mass is 19.4. The zero-order valence-electron chi connectivity index (χ0n) is 5.52. The lowest BCUT2D eigenvalue weighted by atomic mass is 10.1. The molecular formula is C7H5F3N+. The smallest absolute Gasteiger partial charge is 0.215 e. The zero-order chi connectivity index (χ0) is 8.48. The molecule has 0 aliphatic carbocycles. The van der Waals surface area contributed by atoms with E-state index in [4.69, 9.17) is 0 Å². The number of nitrogens with zero attached hydrogens (tertiary/aromatic N) is 1. The van der Waals surface area contributed by atoms with Gasteiger partial charge < -0.3 is 0 Å². The molecule has 0 bridgehead atoms. The normalized spacial score (nSPS) is 17.7. The second-order valence-corrected chi connectivity index (χ2v) is 2.04. The third-order valence-electron chi connectivity index (χ3n) is 1.15. The summed E-state index contributed by atoms with van der Waals surface area (Å²) in [5.74, 6) is 0. The van der Waals surface area contributed by atoms with Crippen molar-refractivity contribution in [3.8, 4) is 0 Å². The number of halogens is 3. The van der Waals surface area contributed by atoms with Crippen molar-refractivity contribution in [2.24, 2.45) is 4.99 Å². The van der Waals surface area contributed by atoms with Crippen molar-refractivity contribution in [3.63, 3.8) is 0 Å². The van der Waals surface area contributed by atoms with Crippen LogP contribution < -0.4 is 0 Å². The number of hydrogen-bond acceptors (Lipinski definition) is 1. The highest BCUT2D eigenvalue weighted by molar-refractivity contribution is 5.83. The molecule has 1 nitrogen and oxygen atoms in total. The average molecular weight is 160 g/mol. The molecule has 0 radical (unpaired) electrons. The van der Waals surface area contributed by atoms with Gasteiger partial charge in [0.1, 0.15) is 0 Å². The van der Waals surface area contributed by atoms with Crippen LogP contribution in [0.3, 0.4) is 0 Å². The van der Waals surface area contributed by atoms with Crippen molar-refractivity contribution in [1.29, 1.82) is 0 Å². The maximum absolute atomic E-state index is 11.9. The van der Waals surface area contributed by atoms with Gasteiger partial charge in [0.05, 0.1) is 18.7 Å². The Morgan fingerprint density at radius 3 is 2.45 bits per heavy atom. The Morgan fingerprint density at radius 1 is 1.45 bits per heavy atom. The van der Waals surface area contributed by atoms with E-state index in [2.05, 4.69) is 11.6 Å². The van der Waals surface area contributed by atoms with Crippen molar-refractivity contribution in [2.45, 2.75) is 6.18 Å². The van der Waals surface area contributed by atoms with E-state index >= 15 is 0 Å². The molecule has 0 fully saturated rings. The molecule has 1 heterocycles. The summed E-state index contributed by atoms with van der Waals surface area (Å²) in [6.45, 7) is 3.37. The number of rotatable bonds is 0. The largest absolute Gasteiger partial charge is 0.467 e. The molecule has 0 atom stereocenters. The SMILES string of the molecule is C=C1[CH+]C=C(C(F)(F)F)C=N1. The van der Waals surface area contributed by atoms with Crippen LogP contribution in [0.1, 0.15) is 0 Å². The Kier molecular flexibility index (Phi) is 1.76. The molecule has 0 saturated carbocycles. The van der Waals surface area contributed by atoms with Gasteiger partial charge in [0.25, 0.3) is 0 Å². The summed E-state index contributed by atoms with van der Waals surface area (Å²) in [5.41, 5.74) is -0.414. The summed E-state index contributed by atoms with van der Waals surface area (Å²) in [5, 5.41) is 0. The molecule has 1 aliphatic rings. The maximum atomic E-state index is 11.9. The molecule has 4 heteroatoms. The van der Waals surface area contributed by atoms with E-state index in [1.807, 2.05) is 0 Å². The molecule has 0 amide bonds. The Bertz CT molecular complexity index is 235. The van der Waals surface area contributed by atoms with Gasteiger partial charge in [-0.1, -0.05) is 0 Å². The summed E-state index contributed by atoms with van der Waals surface area (Å²) >= 11 is 0. The molecule has 58 valence electrons. The maximum Gasteiger partial charge on any atom is 0.467 e. The molecule has 0 spiro atoms. The topological polar surface area (TPSA) is 12.4 Å². The molecular weight excluding hydrogens is 155 g/mol. The predicted octanol–water partition coefficient (Wildman–Crippen LogP) is 2.28. The van der Waals surface area contributed by atoms with Crippen LogP contribution in [0.4, 0.5) is 13.2 Å². The van der Waals surface area contributed by atoms with E-state index in [-0.39, 0.29) is 0 Å². The zero-order valence-corrected chi connectivity index (χ0v) is 5.52. The van der Waals surface area contributed by atoms with Gasteiger partial charge >= 0.3 is 6.18 Å². The van der Waals surface area contributed by atoms with E-state index < -0.39 is 11.7 Å². The van der Waals surface area contributed by atoms with Gasteiger partial charge in [-0.15, -0.1) is 0 Å². The first kappa shape index (κ1) is 7.91. The lowest BCUT2D eigenvalue weighted by molar-refractivity contribution is -0.0857. The number of dihydropyridines is 1. The Morgan fingerprint density at radius 2 is 2.09 bits per heavy atom. The van der Waals surface area contributed by atoms with Crippen LogP contribution >= 0.6 is 0 Å². The number of alkyl halides is 3. The third-order valence-corrected chi connectivity index (χ3v) is 1.15. The number of allylic oxidation sites excluding steroid dienone is 2. The first-order chi connectivity index (χ1) is 5.00. The minimum Gasteiger partial charge on any atom is -0.215 e. The monoisotopic (exact) mass is 160 g/mol.